The maximum absolute atomic E-state index is 12.2. The van der Waals surface area contributed by atoms with Crippen LogP contribution in [0.1, 0.15) is 21.7 Å². The molecule has 1 amide bonds. The van der Waals surface area contributed by atoms with Gasteiger partial charge in [0.15, 0.2) is 0 Å². The van der Waals surface area contributed by atoms with Gasteiger partial charge in [0.05, 0.1) is 12.1 Å². The number of amides is 1. The first-order chi connectivity index (χ1) is 12.1. The second-order valence-corrected chi connectivity index (χ2v) is 5.95. The second kappa shape index (κ2) is 7.40. The molecule has 1 N–H and O–H groups in total. The van der Waals surface area contributed by atoms with E-state index in [0.717, 1.165) is 17.1 Å². The lowest BCUT2D eigenvalue weighted by Gasteiger charge is -2.09. The summed E-state index contributed by atoms with van der Waals surface area (Å²) in [6, 6.07) is 12.9. The van der Waals surface area contributed by atoms with Crippen LogP contribution in [0.15, 0.2) is 54.9 Å². The van der Waals surface area contributed by atoms with Crippen LogP contribution >= 0.6 is 11.6 Å². The number of carbonyl (C=O) groups excluding carboxylic acids is 1. The molecule has 1 heterocycles. The second-order valence-electron chi connectivity index (χ2n) is 5.54. The number of benzene rings is 2. The zero-order valence-electron chi connectivity index (χ0n) is 14.0. The largest absolute Gasteiger partial charge is 0.495 e. The first-order valence-corrected chi connectivity index (χ1v) is 8.17. The van der Waals surface area contributed by atoms with Crippen LogP contribution in [0.4, 0.5) is 0 Å². The van der Waals surface area contributed by atoms with E-state index in [-0.39, 0.29) is 5.91 Å². The molecule has 0 unspecified atom stereocenters. The molecule has 128 valence electrons. The molecule has 0 aliphatic rings. The zero-order chi connectivity index (χ0) is 17.8. The Morgan fingerprint density at radius 2 is 2.00 bits per heavy atom. The van der Waals surface area contributed by atoms with Crippen molar-refractivity contribution in [2.45, 2.75) is 13.5 Å². The lowest BCUT2D eigenvalue weighted by atomic mass is 10.1. The lowest BCUT2D eigenvalue weighted by Crippen LogP contribution is -2.22. The Morgan fingerprint density at radius 1 is 1.24 bits per heavy atom. The van der Waals surface area contributed by atoms with E-state index in [1.807, 2.05) is 42.0 Å². The van der Waals surface area contributed by atoms with Gasteiger partial charge in [0.2, 0.25) is 0 Å². The van der Waals surface area contributed by atoms with Gasteiger partial charge >= 0.3 is 0 Å². The number of nitrogens with zero attached hydrogens (tertiary/aromatic N) is 2. The van der Waals surface area contributed by atoms with Gasteiger partial charge in [-0.15, -0.1) is 0 Å². The SMILES string of the molecule is COc1ccc(C(=O)NCc2ccc(-n3ccnc3C)cc2)cc1Cl. The van der Waals surface area contributed by atoms with Crippen molar-refractivity contribution in [2.24, 2.45) is 0 Å². The number of ether oxygens (including phenoxy) is 1. The van der Waals surface area contributed by atoms with Crippen LogP contribution in [-0.2, 0) is 6.54 Å². The van der Waals surface area contributed by atoms with Crippen molar-refractivity contribution >= 4 is 17.5 Å². The van der Waals surface area contributed by atoms with E-state index in [0.29, 0.717) is 22.9 Å². The van der Waals surface area contributed by atoms with E-state index >= 15 is 0 Å². The lowest BCUT2D eigenvalue weighted by molar-refractivity contribution is 0.0951. The van der Waals surface area contributed by atoms with Crippen LogP contribution in [0.2, 0.25) is 5.02 Å². The molecule has 25 heavy (non-hydrogen) atoms. The molecule has 2 aromatic carbocycles. The average molecular weight is 356 g/mol. The normalized spacial score (nSPS) is 10.5. The van der Waals surface area contributed by atoms with E-state index in [1.165, 1.54) is 7.11 Å². The Balaban J connectivity index is 1.64. The number of carbonyl (C=O) groups is 1. The highest BCUT2D eigenvalue weighted by Gasteiger charge is 2.09. The fourth-order valence-corrected chi connectivity index (χ4v) is 2.77. The Morgan fingerprint density at radius 3 is 2.60 bits per heavy atom. The van der Waals surface area contributed by atoms with Crippen LogP contribution in [0.5, 0.6) is 5.75 Å². The maximum Gasteiger partial charge on any atom is 0.251 e. The van der Waals surface area contributed by atoms with Gasteiger partial charge in [-0.25, -0.2) is 4.98 Å². The van der Waals surface area contributed by atoms with Crippen molar-refractivity contribution in [1.29, 1.82) is 0 Å². The fourth-order valence-electron chi connectivity index (χ4n) is 2.52. The van der Waals surface area contributed by atoms with Crippen LogP contribution in [0.25, 0.3) is 5.69 Å². The van der Waals surface area contributed by atoms with Crippen LogP contribution in [0.3, 0.4) is 0 Å². The predicted octanol–water partition coefficient (Wildman–Crippen LogP) is 3.77. The number of rotatable bonds is 5. The summed E-state index contributed by atoms with van der Waals surface area (Å²) >= 11 is 6.06. The van der Waals surface area contributed by atoms with E-state index in [2.05, 4.69) is 10.3 Å². The van der Waals surface area contributed by atoms with Gasteiger partial charge < -0.3 is 14.6 Å². The highest BCUT2D eigenvalue weighted by atomic mass is 35.5. The summed E-state index contributed by atoms with van der Waals surface area (Å²) in [7, 11) is 1.54. The van der Waals surface area contributed by atoms with Crippen molar-refractivity contribution < 1.29 is 9.53 Å². The van der Waals surface area contributed by atoms with Gasteiger partial charge in [-0.2, -0.15) is 0 Å². The number of aromatic nitrogens is 2. The smallest absolute Gasteiger partial charge is 0.251 e. The molecular weight excluding hydrogens is 338 g/mol. The van der Waals surface area contributed by atoms with Gasteiger partial charge in [-0.3, -0.25) is 4.79 Å². The molecule has 6 heteroatoms. The molecule has 3 rings (SSSR count). The molecule has 0 atom stereocenters. The van der Waals surface area contributed by atoms with Crippen molar-refractivity contribution in [1.82, 2.24) is 14.9 Å². The summed E-state index contributed by atoms with van der Waals surface area (Å²) < 4.78 is 7.09. The molecule has 0 aliphatic heterocycles. The first-order valence-electron chi connectivity index (χ1n) is 7.79. The molecular formula is C19H18ClN3O2. The molecule has 1 aromatic heterocycles. The minimum Gasteiger partial charge on any atom is -0.495 e. The van der Waals surface area contributed by atoms with Crippen LogP contribution in [-0.4, -0.2) is 22.6 Å². The van der Waals surface area contributed by atoms with E-state index < -0.39 is 0 Å². The number of methoxy groups -OCH3 is 1. The minimum absolute atomic E-state index is 0.181. The van der Waals surface area contributed by atoms with E-state index in [9.17, 15) is 4.79 Å². The molecule has 0 aliphatic carbocycles. The Hall–Kier alpha value is -2.79. The third-order valence-corrected chi connectivity index (χ3v) is 4.20. The van der Waals surface area contributed by atoms with Gasteiger partial charge in [-0.05, 0) is 42.8 Å². The van der Waals surface area contributed by atoms with Gasteiger partial charge in [0.1, 0.15) is 11.6 Å². The monoisotopic (exact) mass is 355 g/mol. The van der Waals surface area contributed by atoms with Crippen molar-refractivity contribution in [3.8, 4) is 11.4 Å². The summed E-state index contributed by atoms with van der Waals surface area (Å²) in [5.41, 5.74) is 2.54. The highest BCUT2D eigenvalue weighted by molar-refractivity contribution is 6.32. The summed E-state index contributed by atoms with van der Waals surface area (Å²) in [6.07, 6.45) is 3.68. The number of nitrogens with one attached hydrogen (secondary N) is 1. The molecule has 0 bridgehead atoms. The van der Waals surface area contributed by atoms with Crippen molar-refractivity contribution in [3.63, 3.8) is 0 Å². The number of hydrogen-bond donors (Lipinski definition) is 1. The Kier molecular flexibility index (Phi) is 5.05. The quantitative estimate of drug-likeness (QED) is 0.758. The molecule has 0 saturated heterocycles. The standard InChI is InChI=1S/C19H18ClN3O2/c1-13-21-9-10-23(13)16-6-3-14(4-7-16)12-22-19(24)15-5-8-18(25-2)17(20)11-15/h3-11H,12H2,1-2H3,(H,22,24). The molecule has 3 aromatic rings. The molecule has 0 fully saturated rings. The van der Waals surface area contributed by atoms with E-state index in [4.69, 9.17) is 16.3 Å². The third-order valence-electron chi connectivity index (χ3n) is 3.91. The number of hydrogen-bond acceptors (Lipinski definition) is 3. The van der Waals surface area contributed by atoms with Gasteiger partial charge in [0, 0.05) is 30.2 Å². The number of aryl methyl sites for hydroxylation is 1. The van der Waals surface area contributed by atoms with Crippen LogP contribution in [0, 0.1) is 6.92 Å². The summed E-state index contributed by atoms with van der Waals surface area (Å²) in [4.78, 5) is 16.5. The van der Waals surface area contributed by atoms with Gasteiger partial charge in [0.25, 0.3) is 5.91 Å². The maximum atomic E-state index is 12.2. The molecule has 5 nitrogen and oxygen atoms in total. The zero-order valence-corrected chi connectivity index (χ0v) is 14.7. The molecule has 0 spiro atoms. The average Bonchev–Trinajstić information content (AvgIpc) is 3.06. The molecule has 0 radical (unpaired) electrons. The summed E-state index contributed by atoms with van der Waals surface area (Å²) in [6.45, 7) is 2.39. The molecule has 0 saturated carbocycles. The van der Waals surface area contributed by atoms with Crippen molar-refractivity contribution in [3.05, 3.63) is 76.8 Å². The van der Waals surface area contributed by atoms with Gasteiger partial charge in [-0.1, -0.05) is 23.7 Å². The highest BCUT2D eigenvalue weighted by Crippen LogP contribution is 2.24. The van der Waals surface area contributed by atoms with Crippen molar-refractivity contribution in [2.75, 3.05) is 7.11 Å². The Bertz CT molecular complexity index is 888. The summed E-state index contributed by atoms with van der Waals surface area (Å²) in [5.74, 6) is 1.29. The fraction of sp³-hybridized carbons (Fsp3) is 0.158. The third kappa shape index (κ3) is 3.83. The van der Waals surface area contributed by atoms with E-state index in [1.54, 1.807) is 24.4 Å². The topological polar surface area (TPSA) is 56.1 Å². The Labute approximate surface area is 151 Å². The summed E-state index contributed by atoms with van der Waals surface area (Å²) in [5, 5.41) is 3.30. The van der Waals surface area contributed by atoms with Crippen LogP contribution < -0.4 is 10.1 Å². The minimum atomic E-state index is -0.181. The number of imidazole rings is 1. The number of halogens is 1. The first kappa shape index (κ1) is 17.0. The predicted molar refractivity (Wildman–Crippen MR) is 97.5 cm³/mol.